The molecule has 0 bridgehead atoms. The fourth-order valence-corrected chi connectivity index (χ4v) is 4.53. The Morgan fingerprint density at radius 1 is 0.971 bits per heavy atom. The number of ether oxygens (including phenoxy) is 1. The van der Waals surface area contributed by atoms with Crippen molar-refractivity contribution in [1.29, 1.82) is 0 Å². The van der Waals surface area contributed by atoms with Crippen LogP contribution in [0.1, 0.15) is 15.9 Å². The third-order valence-corrected chi connectivity index (χ3v) is 6.97. The minimum absolute atomic E-state index is 0.0117. The lowest BCUT2D eigenvalue weighted by Gasteiger charge is -2.19. The van der Waals surface area contributed by atoms with Crippen LogP contribution >= 0.6 is 0 Å². The molecule has 0 aliphatic heterocycles. The maximum atomic E-state index is 13.2. The number of hydrogen-bond acceptors (Lipinski definition) is 5. The first kappa shape index (κ1) is 25.9. The average Bonchev–Trinajstić information content (AvgIpc) is 2.82. The van der Waals surface area contributed by atoms with Crippen molar-refractivity contribution >= 4 is 21.9 Å². The summed E-state index contributed by atoms with van der Waals surface area (Å²) in [6, 6.07) is 16.2. The summed E-state index contributed by atoms with van der Waals surface area (Å²) in [6.45, 7) is -0.580. The van der Waals surface area contributed by atoms with Crippen molar-refractivity contribution in [3.63, 3.8) is 0 Å². The molecule has 0 fully saturated rings. The van der Waals surface area contributed by atoms with E-state index in [1.54, 1.807) is 56.6 Å². The molecule has 0 aliphatic rings. The molecule has 0 saturated carbocycles. The number of benzene rings is 3. The van der Waals surface area contributed by atoms with E-state index >= 15 is 0 Å². The van der Waals surface area contributed by atoms with Gasteiger partial charge in [0, 0.05) is 38.8 Å². The number of carboxylic acid groups (broad SMARTS) is 1. The van der Waals surface area contributed by atoms with Gasteiger partial charge in [0.15, 0.2) is 6.61 Å². The first-order chi connectivity index (χ1) is 16.5. The van der Waals surface area contributed by atoms with Crippen molar-refractivity contribution in [3.8, 4) is 16.9 Å². The molecule has 3 aromatic carbocycles. The highest BCUT2D eigenvalue weighted by Crippen LogP contribution is 2.33. The number of nitrogens with zero attached hydrogens (tertiary/aromatic N) is 2. The molecular weight excluding hydrogens is 475 g/mol. The van der Waals surface area contributed by atoms with E-state index in [2.05, 4.69) is 0 Å². The Hall–Kier alpha value is -3.76. The third kappa shape index (κ3) is 6.23. The van der Waals surface area contributed by atoms with E-state index in [0.29, 0.717) is 22.3 Å². The summed E-state index contributed by atoms with van der Waals surface area (Å²) in [6.07, 6.45) is 0. The topological polar surface area (TPSA) is 104 Å². The van der Waals surface area contributed by atoms with Gasteiger partial charge in [-0.2, -0.15) is 4.31 Å². The highest BCUT2D eigenvalue weighted by molar-refractivity contribution is 7.89. The van der Waals surface area contributed by atoms with Gasteiger partial charge in [0.2, 0.25) is 10.0 Å². The van der Waals surface area contributed by atoms with Crippen molar-refractivity contribution in [1.82, 2.24) is 9.21 Å². The zero-order valence-corrected chi connectivity index (χ0v) is 20.3. The van der Waals surface area contributed by atoms with E-state index in [0.717, 1.165) is 16.4 Å². The van der Waals surface area contributed by atoms with Crippen LogP contribution in [-0.2, 0) is 21.4 Å². The Morgan fingerprint density at radius 3 is 2.29 bits per heavy atom. The van der Waals surface area contributed by atoms with Gasteiger partial charge in [-0.05, 0) is 59.7 Å². The molecule has 0 unspecified atom stereocenters. The van der Waals surface area contributed by atoms with Crippen LogP contribution in [0.4, 0.5) is 4.39 Å². The number of sulfonamides is 1. The summed E-state index contributed by atoms with van der Waals surface area (Å²) in [5.41, 5.74) is 2.13. The summed E-state index contributed by atoms with van der Waals surface area (Å²) in [4.78, 5) is 24.9. The van der Waals surface area contributed by atoms with Crippen molar-refractivity contribution in [2.24, 2.45) is 0 Å². The number of carbonyl (C=O) groups is 2. The Kier molecular flexibility index (Phi) is 7.88. The molecule has 0 aromatic heterocycles. The van der Waals surface area contributed by atoms with Crippen LogP contribution in [0.3, 0.4) is 0 Å². The van der Waals surface area contributed by atoms with Crippen molar-refractivity contribution < 1.29 is 32.2 Å². The van der Waals surface area contributed by atoms with Gasteiger partial charge >= 0.3 is 5.97 Å². The monoisotopic (exact) mass is 500 g/mol. The highest BCUT2D eigenvalue weighted by atomic mass is 32.2. The minimum Gasteiger partial charge on any atom is -0.481 e. The lowest BCUT2D eigenvalue weighted by Crippen LogP contribution is -2.26. The Balaban J connectivity index is 1.98. The quantitative estimate of drug-likeness (QED) is 0.483. The number of carbonyl (C=O) groups excluding carboxylic acids is 1. The second-order valence-corrected chi connectivity index (χ2v) is 10.1. The average molecular weight is 501 g/mol. The molecule has 0 radical (unpaired) electrons. The van der Waals surface area contributed by atoms with Crippen LogP contribution in [0.15, 0.2) is 71.6 Å². The fourth-order valence-electron chi connectivity index (χ4n) is 3.37. The molecule has 8 nitrogen and oxygen atoms in total. The number of carboxylic acids is 1. The predicted octanol–water partition coefficient (Wildman–Crippen LogP) is 3.48. The minimum atomic E-state index is -3.88. The molecule has 3 aromatic rings. The molecule has 0 aliphatic carbocycles. The number of rotatable bonds is 9. The number of amides is 1. The highest BCUT2D eigenvalue weighted by Gasteiger charge is 2.22. The molecule has 0 atom stereocenters. The first-order valence-electron chi connectivity index (χ1n) is 10.5. The van der Waals surface area contributed by atoms with Crippen LogP contribution in [0.25, 0.3) is 11.1 Å². The third-order valence-electron chi connectivity index (χ3n) is 5.15. The van der Waals surface area contributed by atoms with Crippen LogP contribution in [0.2, 0.25) is 0 Å². The summed E-state index contributed by atoms with van der Waals surface area (Å²) in [7, 11) is 0.790. The van der Waals surface area contributed by atoms with E-state index in [-0.39, 0.29) is 23.1 Å². The van der Waals surface area contributed by atoms with Crippen molar-refractivity contribution in [3.05, 3.63) is 83.7 Å². The molecule has 0 heterocycles. The number of aliphatic carboxylic acids is 1. The SMILES string of the molecule is CN(C)C(=O)c1cccc(-c2cc(CN(C)S(=O)(=O)c3ccc(F)cc3)ccc2OCC(=O)O)c1. The maximum Gasteiger partial charge on any atom is 0.341 e. The van der Waals surface area contributed by atoms with E-state index in [1.807, 2.05) is 0 Å². The van der Waals surface area contributed by atoms with Crippen LogP contribution < -0.4 is 4.74 Å². The van der Waals surface area contributed by atoms with E-state index < -0.39 is 28.4 Å². The molecule has 184 valence electrons. The second kappa shape index (κ2) is 10.7. The van der Waals surface area contributed by atoms with E-state index in [4.69, 9.17) is 9.84 Å². The lowest BCUT2D eigenvalue weighted by atomic mass is 9.99. The summed E-state index contributed by atoms with van der Waals surface area (Å²) >= 11 is 0. The lowest BCUT2D eigenvalue weighted by molar-refractivity contribution is -0.139. The molecule has 1 N–H and O–H groups in total. The van der Waals surface area contributed by atoms with E-state index in [9.17, 15) is 22.4 Å². The smallest absolute Gasteiger partial charge is 0.341 e. The second-order valence-electron chi connectivity index (χ2n) is 8.01. The van der Waals surface area contributed by atoms with Gasteiger partial charge in [0.1, 0.15) is 11.6 Å². The molecule has 3 rings (SSSR count). The molecule has 10 heteroatoms. The predicted molar refractivity (Wildman–Crippen MR) is 128 cm³/mol. The Labute approximate surface area is 203 Å². The largest absolute Gasteiger partial charge is 0.481 e. The fraction of sp³-hybridized carbons (Fsp3) is 0.200. The van der Waals surface area contributed by atoms with Crippen LogP contribution in [-0.4, -0.2) is 62.4 Å². The van der Waals surface area contributed by atoms with Gasteiger partial charge in [-0.1, -0.05) is 18.2 Å². The van der Waals surface area contributed by atoms with Gasteiger partial charge in [0.05, 0.1) is 4.90 Å². The van der Waals surface area contributed by atoms with Crippen LogP contribution in [0.5, 0.6) is 5.75 Å². The van der Waals surface area contributed by atoms with Gasteiger partial charge in [-0.25, -0.2) is 17.6 Å². The van der Waals surface area contributed by atoms with Gasteiger partial charge in [-0.3, -0.25) is 4.79 Å². The van der Waals surface area contributed by atoms with Crippen LogP contribution in [0, 0.1) is 5.82 Å². The van der Waals surface area contributed by atoms with E-state index in [1.165, 1.54) is 24.1 Å². The maximum absolute atomic E-state index is 13.2. The zero-order valence-electron chi connectivity index (χ0n) is 19.4. The van der Waals surface area contributed by atoms with Gasteiger partial charge < -0.3 is 14.7 Å². The molecule has 0 spiro atoms. The summed E-state index contributed by atoms with van der Waals surface area (Å²) < 4.78 is 45.6. The first-order valence-corrected chi connectivity index (χ1v) is 11.9. The zero-order chi connectivity index (χ0) is 25.8. The number of hydrogen-bond donors (Lipinski definition) is 1. The normalized spacial score (nSPS) is 11.3. The van der Waals surface area contributed by atoms with Crippen molar-refractivity contribution in [2.75, 3.05) is 27.7 Å². The van der Waals surface area contributed by atoms with Gasteiger partial charge in [-0.15, -0.1) is 0 Å². The molecule has 35 heavy (non-hydrogen) atoms. The standard InChI is InChI=1S/C25H25FN2O6S/c1-27(2)25(31)19-6-4-5-18(14-19)22-13-17(7-12-23(22)34-16-24(29)30)15-28(3)35(32,33)21-10-8-20(26)9-11-21/h4-14H,15-16H2,1-3H3,(H,29,30). The molecular formula is C25H25FN2O6S. The Bertz CT molecular complexity index is 1340. The Morgan fingerprint density at radius 2 is 1.66 bits per heavy atom. The van der Waals surface area contributed by atoms with Gasteiger partial charge in [0.25, 0.3) is 5.91 Å². The summed E-state index contributed by atoms with van der Waals surface area (Å²) in [5.74, 6) is -1.62. The summed E-state index contributed by atoms with van der Waals surface area (Å²) in [5, 5.41) is 9.03. The molecule has 1 amide bonds. The number of halogens is 1. The van der Waals surface area contributed by atoms with Crippen molar-refractivity contribution in [2.45, 2.75) is 11.4 Å². The molecule has 0 saturated heterocycles.